The summed E-state index contributed by atoms with van der Waals surface area (Å²) in [6.45, 7) is 9.43. The SMILES string of the molecule is CCCCCCCCCCCCCCCCCC(C)CC(C)C. The van der Waals surface area contributed by atoms with Crippen LogP contribution in [-0.4, -0.2) is 0 Å². The van der Waals surface area contributed by atoms with Crippen LogP contribution in [0.1, 0.15) is 137 Å². The van der Waals surface area contributed by atoms with Crippen LogP contribution in [0.15, 0.2) is 0 Å². The molecule has 0 amide bonds. The first-order valence-corrected chi connectivity index (χ1v) is 11.2. The van der Waals surface area contributed by atoms with Crippen LogP contribution < -0.4 is 0 Å². The van der Waals surface area contributed by atoms with E-state index in [0.29, 0.717) is 0 Å². The van der Waals surface area contributed by atoms with Gasteiger partial charge in [0, 0.05) is 0 Å². The Balaban J connectivity index is 3.05. The van der Waals surface area contributed by atoms with Gasteiger partial charge in [-0.25, -0.2) is 0 Å². The van der Waals surface area contributed by atoms with E-state index in [9.17, 15) is 0 Å². The van der Waals surface area contributed by atoms with Gasteiger partial charge < -0.3 is 0 Å². The standard InChI is InChI=1S/C23H48/c1-5-6-7-8-9-10-11-12-13-14-15-16-17-18-19-20-23(4)21-22(2)3/h22-23H,5-21H2,1-4H3. The fraction of sp³-hybridized carbons (Fsp3) is 1.00. The van der Waals surface area contributed by atoms with E-state index in [1.807, 2.05) is 0 Å². The van der Waals surface area contributed by atoms with Crippen LogP contribution >= 0.6 is 0 Å². The molecule has 0 aliphatic carbocycles. The van der Waals surface area contributed by atoms with Crippen molar-refractivity contribution >= 4 is 0 Å². The monoisotopic (exact) mass is 324 g/mol. The van der Waals surface area contributed by atoms with Gasteiger partial charge in [0.15, 0.2) is 0 Å². The van der Waals surface area contributed by atoms with Crippen LogP contribution in [0.3, 0.4) is 0 Å². The summed E-state index contributed by atoms with van der Waals surface area (Å²) in [5.41, 5.74) is 0. The fourth-order valence-corrected chi connectivity index (χ4v) is 3.79. The molecule has 0 saturated heterocycles. The van der Waals surface area contributed by atoms with Gasteiger partial charge in [-0.3, -0.25) is 0 Å². The zero-order valence-electron chi connectivity index (χ0n) is 17.2. The summed E-state index contributed by atoms with van der Waals surface area (Å²) >= 11 is 0. The molecule has 23 heavy (non-hydrogen) atoms. The molecule has 0 aliphatic rings. The Morgan fingerprint density at radius 1 is 0.478 bits per heavy atom. The molecule has 0 aromatic carbocycles. The lowest BCUT2D eigenvalue weighted by Crippen LogP contribution is -1.99. The summed E-state index contributed by atoms with van der Waals surface area (Å²) in [4.78, 5) is 0. The van der Waals surface area contributed by atoms with Crippen molar-refractivity contribution in [1.82, 2.24) is 0 Å². The minimum Gasteiger partial charge on any atom is -0.0654 e. The highest BCUT2D eigenvalue weighted by molar-refractivity contribution is 4.57. The van der Waals surface area contributed by atoms with E-state index in [-0.39, 0.29) is 0 Å². The number of unbranched alkanes of at least 4 members (excludes halogenated alkanes) is 14. The highest BCUT2D eigenvalue weighted by Crippen LogP contribution is 2.19. The molecule has 0 aliphatic heterocycles. The van der Waals surface area contributed by atoms with Crippen molar-refractivity contribution in [2.75, 3.05) is 0 Å². The molecule has 0 saturated carbocycles. The lowest BCUT2D eigenvalue weighted by molar-refractivity contribution is 0.397. The van der Waals surface area contributed by atoms with Crippen LogP contribution in [0.2, 0.25) is 0 Å². The lowest BCUT2D eigenvalue weighted by atomic mass is 9.93. The van der Waals surface area contributed by atoms with Crippen LogP contribution in [0.25, 0.3) is 0 Å². The van der Waals surface area contributed by atoms with Crippen molar-refractivity contribution in [2.45, 2.75) is 137 Å². The molecule has 0 nitrogen and oxygen atoms in total. The Morgan fingerprint density at radius 2 is 0.826 bits per heavy atom. The van der Waals surface area contributed by atoms with Gasteiger partial charge >= 0.3 is 0 Å². The van der Waals surface area contributed by atoms with Crippen molar-refractivity contribution < 1.29 is 0 Å². The Morgan fingerprint density at radius 3 is 1.17 bits per heavy atom. The second kappa shape index (κ2) is 18.3. The summed E-state index contributed by atoms with van der Waals surface area (Å²) in [5, 5.41) is 0. The first-order valence-electron chi connectivity index (χ1n) is 11.2. The molecule has 0 aromatic rings. The predicted molar refractivity (Wildman–Crippen MR) is 108 cm³/mol. The number of hydrogen-bond donors (Lipinski definition) is 0. The van der Waals surface area contributed by atoms with E-state index < -0.39 is 0 Å². The van der Waals surface area contributed by atoms with Gasteiger partial charge in [-0.05, 0) is 18.3 Å². The van der Waals surface area contributed by atoms with E-state index >= 15 is 0 Å². The van der Waals surface area contributed by atoms with Gasteiger partial charge in [-0.15, -0.1) is 0 Å². The lowest BCUT2D eigenvalue weighted by Gasteiger charge is -2.13. The highest BCUT2D eigenvalue weighted by Gasteiger charge is 2.04. The molecule has 1 atom stereocenters. The van der Waals surface area contributed by atoms with Gasteiger partial charge in [0.05, 0.1) is 0 Å². The molecule has 0 aromatic heterocycles. The van der Waals surface area contributed by atoms with Crippen molar-refractivity contribution in [2.24, 2.45) is 11.8 Å². The van der Waals surface area contributed by atoms with Gasteiger partial charge in [0.25, 0.3) is 0 Å². The van der Waals surface area contributed by atoms with E-state index in [1.54, 1.807) is 0 Å². The Kier molecular flexibility index (Phi) is 18.3. The largest absolute Gasteiger partial charge is 0.0654 e. The average Bonchev–Trinajstić information content (AvgIpc) is 2.50. The summed E-state index contributed by atoms with van der Waals surface area (Å²) in [7, 11) is 0. The topological polar surface area (TPSA) is 0 Å². The van der Waals surface area contributed by atoms with Crippen LogP contribution in [0.5, 0.6) is 0 Å². The third kappa shape index (κ3) is 20.0. The minimum absolute atomic E-state index is 0.876. The first kappa shape index (κ1) is 23.0. The van der Waals surface area contributed by atoms with Crippen molar-refractivity contribution in [3.8, 4) is 0 Å². The van der Waals surface area contributed by atoms with E-state index in [4.69, 9.17) is 0 Å². The van der Waals surface area contributed by atoms with E-state index in [2.05, 4.69) is 27.7 Å². The van der Waals surface area contributed by atoms with E-state index in [1.165, 1.54) is 109 Å². The molecule has 0 radical (unpaired) electrons. The van der Waals surface area contributed by atoms with Crippen LogP contribution in [-0.2, 0) is 0 Å². The maximum absolute atomic E-state index is 2.43. The normalized spacial score (nSPS) is 12.9. The molecule has 0 heterocycles. The van der Waals surface area contributed by atoms with Gasteiger partial charge in [-0.2, -0.15) is 0 Å². The molecule has 0 spiro atoms. The molecule has 0 bridgehead atoms. The molecule has 0 heteroatoms. The molecule has 0 fully saturated rings. The zero-order valence-corrected chi connectivity index (χ0v) is 17.2. The molecule has 0 rings (SSSR count). The second-order valence-corrected chi connectivity index (χ2v) is 8.47. The van der Waals surface area contributed by atoms with Gasteiger partial charge in [0.1, 0.15) is 0 Å². The summed E-state index contributed by atoms with van der Waals surface area (Å²) < 4.78 is 0. The summed E-state index contributed by atoms with van der Waals surface area (Å²) in [5.74, 6) is 1.82. The smallest absolute Gasteiger partial charge is 0.0440 e. The van der Waals surface area contributed by atoms with E-state index in [0.717, 1.165) is 11.8 Å². The fourth-order valence-electron chi connectivity index (χ4n) is 3.79. The third-order valence-corrected chi connectivity index (χ3v) is 5.17. The molecule has 140 valence electrons. The summed E-state index contributed by atoms with van der Waals surface area (Å²) in [6, 6.07) is 0. The molecular formula is C23H48. The van der Waals surface area contributed by atoms with Crippen LogP contribution in [0, 0.1) is 11.8 Å². The third-order valence-electron chi connectivity index (χ3n) is 5.17. The van der Waals surface area contributed by atoms with Gasteiger partial charge in [-0.1, -0.05) is 130 Å². The average molecular weight is 325 g/mol. The first-order chi connectivity index (χ1) is 11.2. The maximum Gasteiger partial charge on any atom is -0.0440 e. The molecular weight excluding hydrogens is 276 g/mol. The molecule has 0 N–H and O–H groups in total. The minimum atomic E-state index is 0.876. The summed E-state index contributed by atoms with van der Waals surface area (Å²) in [6.07, 6.45) is 24.9. The van der Waals surface area contributed by atoms with Crippen molar-refractivity contribution in [3.63, 3.8) is 0 Å². The number of hydrogen-bond acceptors (Lipinski definition) is 0. The number of rotatable bonds is 18. The Hall–Kier alpha value is 0. The van der Waals surface area contributed by atoms with Gasteiger partial charge in [0.2, 0.25) is 0 Å². The second-order valence-electron chi connectivity index (χ2n) is 8.47. The highest BCUT2D eigenvalue weighted by atomic mass is 14.1. The van der Waals surface area contributed by atoms with Crippen molar-refractivity contribution in [1.29, 1.82) is 0 Å². The Bertz CT molecular complexity index is 206. The van der Waals surface area contributed by atoms with Crippen LogP contribution in [0.4, 0.5) is 0 Å². The molecule has 1 unspecified atom stereocenters. The Labute approximate surface area is 149 Å². The predicted octanol–water partition coefficient (Wildman–Crippen LogP) is 8.93. The zero-order chi connectivity index (χ0) is 17.2. The maximum atomic E-state index is 2.43. The van der Waals surface area contributed by atoms with Crippen molar-refractivity contribution in [3.05, 3.63) is 0 Å². The quantitative estimate of drug-likeness (QED) is 0.221.